The fourth-order valence-corrected chi connectivity index (χ4v) is 6.05. The van der Waals surface area contributed by atoms with Crippen LogP contribution >= 0.6 is 27.5 Å². The molecule has 2 aliphatic rings. The smallest absolute Gasteiger partial charge is 0.292 e. The second kappa shape index (κ2) is 9.79. The van der Waals surface area contributed by atoms with E-state index in [9.17, 15) is 10.1 Å². The van der Waals surface area contributed by atoms with Crippen molar-refractivity contribution < 1.29 is 14.4 Å². The molecule has 0 aromatic heterocycles. The van der Waals surface area contributed by atoms with E-state index in [4.69, 9.17) is 21.1 Å². The molecule has 8 heteroatoms. The molecule has 0 fully saturated rings. The lowest BCUT2D eigenvalue weighted by molar-refractivity contribution is -0.384. The van der Waals surface area contributed by atoms with Gasteiger partial charge in [-0.3, -0.25) is 10.1 Å². The van der Waals surface area contributed by atoms with Crippen molar-refractivity contribution in [1.29, 1.82) is 0 Å². The van der Waals surface area contributed by atoms with Crippen molar-refractivity contribution in [2.24, 2.45) is 5.92 Å². The van der Waals surface area contributed by atoms with Crippen LogP contribution in [0.2, 0.25) is 5.02 Å². The highest BCUT2D eigenvalue weighted by Crippen LogP contribution is 2.54. The fourth-order valence-electron chi connectivity index (χ4n) is 5.35. The number of nitrogens with one attached hydrogen (secondary N) is 1. The number of rotatable bonds is 6. The number of hydrogen-bond donors (Lipinski definition) is 1. The van der Waals surface area contributed by atoms with E-state index in [-0.39, 0.29) is 28.5 Å². The summed E-state index contributed by atoms with van der Waals surface area (Å²) in [4.78, 5) is 11.7. The predicted octanol–water partition coefficient (Wildman–Crippen LogP) is 8.04. The average Bonchev–Trinajstić information content (AvgIpc) is 3.35. The molecule has 1 aliphatic heterocycles. The monoisotopic (exact) mass is 568 g/mol. The molecule has 0 saturated carbocycles. The number of methoxy groups -OCH3 is 1. The highest BCUT2D eigenvalue weighted by Gasteiger charge is 2.42. The summed E-state index contributed by atoms with van der Waals surface area (Å²) < 4.78 is 12.6. The van der Waals surface area contributed by atoms with Crippen molar-refractivity contribution in [2.75, 3.05) is 12.4 Å². The largest absolute Gasteiger partial charge is 0.493 e. The number of allylic oxidation sites excluding steroid dienone is 2. The minimum atomic E-state index is -0.293. The predicted molar refractivity (Wildman–Crippen MR) is 145 cm³/mol. The Balaban J connectivity index is 1.52. The number of hydrogen-bond acceptors (Lipinski definition) is 5. The van der Waals surface area contributed by atoms with Gasteiger partial charge in [-0.15, -0.1) is 0 Å². The standard InChI is InChI=1S/C28H26BrClN2O4/c1-15-11-23(32(33)34)27-25(16(15)2)20-5-4-6-21(20)26(31-27)18-12-22(29)28(24(13-18)35-3)36-14-17-7-9-19(30)10-8-17/h4-5,7-13,20-21,26,31H,6,14H2,1-3H3/t20-,21+,26-/m0/s1. The number of anilines is 1. The Morgan fingerprint density at radius 3 is 2.64 bits per heavy atom. The molecule has 3 atom stereocenters. The van der Waals surface area contributed by atoms with Crippen LogP contribution in [0.1, 0.15) is 46.2 Å². The molecule has 36 heavy (non-hydrogen) atoms. The van der Waals surface area contributed by atoms with Gasteiger partial charge in [-0.1, -0.05) is 35.9 Å². The summed E-state index contributed by atoms with van der Waals surface area (Å²) in [5.74, 6) is 1.54. The van der Waals surface area contributed by atoms with Crippen LogP contribution in [0.4, 0.5) is 11.4 Å². The topological polar surface area (TPSA) is 73.6 Å². The Hall–Kier alpha value is -3.03. The van der Waals surface area contributed by atoms with Gasteiger partial charge in [-0.25, -0.2) is 0 Å². The summed E-state index contributed by atoms with van der Waals surface area (Å²) in [6.07, 6.45) is 5.27. The molecular weight excluding hydrogens is 544 g/mol. The van der Waals surface area contributed by atoms with Crippen molar-refractivity contribution in [1.82, 2.24) is 0 Å². The third kappa shape index (κ3) is 4.35. The molecule has 3 aromatic carbocycles. The highest BCUT2D eigenvalue weighted by atomic mass is 79.9. The van der Waals surface area contributed by atoms with Gasteiger partial charge in [0, 0.05) is 17.0 Å². The van der Waals surface area contributed by atoms with Crippen LogP contribution in [-0.2, 0) is 6.61 Å². The third-order valence-electron chi connectivity index (χ3n) is 7.25. The van der Waals surface area contributed by atoms with Crippen molar-refractivity contribution >= 4 is 38.9 Å². The Kier molecular flexibility index (Phi) is 6.70. The third-order valence-corrected chi connectivity index (χ3v) is 8.09. The number of halogens is 2. The zero-order valence-electron chi connectivity index (χ0n) is 20.2. The molecule has 0 bridgehead atoms. The summed E-state index contributed by atoms with van der Waals surface area (Å²) in [5, 5.41) is 16.2. The van der Waals surface area contributed by atoms with E-state index in [1.54, 1.807) is 13.2 Å². The van der Waals surface area contributed by atoms with Gasteiger partial charge in [-0.05, 0) is 94.2 Å². The van der Waals surface area contributed by atoms with Crippen molar-refractivity contribution in [3.63, 3.8) is 0 Å². The van der Waals surface area contributed by atoms with Gasteiger partial charge in [0.05, 0.1) is 22.5 Å². The Morgan fingerprint density at radius 2 is 1.94 bits per heavy atom. The molecular formula is C28H26BrClN2O4. The summed E-state index contributed by atoms with van der Waals surface area (Å²) in [6.45, 7) is 4.35. The highest BCUT2D eigenvalue weighted by molar-refractivity contribution is 9.10. The maximum Gasteiger partial charge on any atom is 0.292 e. The fraction of sp³-hybridized carbons (Fsp3) is 0.286. The normalized spacial score (nSPS) is 19.9. The van der Waals surface area contributed by atoms with E-state index in [2.05, 4.69) is 40.3 Å². The minimum absolute atomic E-state index is 0.107. The van der Waals surface area contributed by atoms with Crippen LogP contribution in [0.3, 0.4) is 0 Å². The SMILES string of the molecule is COc1cc([C@@H]2Nc3c([N+](=O)[O-])cc(C)c(C)c3[C@H]3C=CC[C@H]32)cc(Br)c1OCc1ccc(Cl)cc1. The molecule has 1 N–H and O–H groups in total. The maximum atomic E-state index is 12.0. The number of nitrogens with zero attached hydrogens (tertiary/aromatic N) is 1. The summed E-state index contributed by atoms with van der Waals surface area (Å²) in [7, 11) is 1.61. The first-order valence-corrected chi connectivity index (χ1v) is 12.9. The summed E-state index contributed by atoms with van der Waals surface area (Å²) in [5.41, 5.74) is 5.77. The van der Waals surface area contributed by atoms with Gasteiger partial charge in [0.2, 0.25) is 0 Å². The van der Waals surface area contributed by atoms with Crippen LogP contribution in [0.15, 0.2) is 59.1 Å². The number of nitro benzene ring substituents is 1. The van der Waals surface area contributed by atoms with Crippen LogP contribution in [0.5, 0.6) is 11.5 Å². The lowest BCUT2D eigenvalue weighted by Crippen LogP contribution is -2.30. The lowest BCUT2D eigenvalue weighted by Gasteiger charge is -2.38. The Morgan fingerprint density at radius 1 is 1.19 bits per heavy atom. The first kappa shape index (κ1) is 24.7. The number of benzene rings is 3. The number of fused-ring (bicyclic) bond motifs is 3. The van der Waals surface area contributed by atoms with Crippen LogP contribution < -0.4 is 14.8 Å². The molecule has 1 heterocycles. The van der Waals surface area contributed by atoms with Crippen LogP contribution in [0, 0.1) is 29.9 Å². The molecule has 0 amide bonds. The van der Waals surface area contributed by atoms with Crippen LogP contribution in [0.25, 0.3) is 0 Å². The zero-order chi connectivity index (χ0) is 25.6. The Labute approximate surface area is 223 Å². The van der Waals surface area contributed by atoms with E-state index < -0.39 is 0 Å². The lowest BCUT2D eigenvalue weighted by atomic mass is 9.74. The second-order valence-electron chi connectivity index (χ2n) is 9.31. The molecule has 0 saturated heterocycles. The van der Waals surface area contributed by atoms with Gasteiger partial charge in [-0.2, -0.15) is 0 Å². The quantitative estimate of drug-likeness (QED) is 0.185. The molecule has 3 aromatic rings. The molecule has 1 aliphatic carbocycles. The average molecular weight is 570 g/mol. The zero-order valence-corrected chi connectivity index (χ0v) is 22.5. The number of aryl methyl sites for hydroxylation is 1. The van der Waals surface area contributed by atoms with Gasteiger partial charge in [0.15, 0.2) is 11.5 Å². The summed E-state index contributed by atoms with van der Waals surface area (Å²) >= 11 is 9.67. The van der Waals surface area contributed by atoms with E-state index in [0.717, 1.165) is 38.7 Å². The van der Waals surface area contributed by atoms with Crippen molar-refractivity contribution in [3.8, 4) is 11.5 Å². The molecule has 0 radical (unpaired) electrons. The summed E-state index contributed by atoms with van der Waals surface area (Å²) in [6, 6.07) is 13.0. The molecule has 0 spiro atoms. The van der Waals surface area contributed by atoms with Gasteiger partial charge >= 0.3 is 0 Å². The second-order valence-corrected chi connectivity index (χ2v) is 10.6. The number of ether oxygens (including phenoxy) is 2. The minimum Gasteiger partial charge on any atom is -0.493 e. The maximum absolute atomic E-state index is 12.0. The van der Waals surface area contributed by atoms with E-state index in [1.165, 1.54) is 0 Å². The first-order chi connectivity index (χ1) is 17.3. The molecule has 0 unspecified atom stereocenters. The van der Waals surface area contributed by atoms with E-state index in [1.807, 2.05) is 43.3 Å². The Bertz CT molecular complexity index is 1370. The molecule has 5 rings (SSSR count). The van der Waals surface area contributed by atoms with E-state index in [0.29, 0.717) is 28.8 Å². The first-order valence-electron chi connectivity index (χ1n) is 11.7. The van der Waals surface area contributed by atoms with Gasteiger partial charge < -0.3 is 14.8 Å². The van der Waals surface area contributed by atoms with Gasteiger partial charge in [0.25, 0.3) is 5.69 Å². The van der Waals surface area contributed by atoms with Crippen molar-refractivity contribution in [3.05, 3.63) is 102 Å². The van der Waals surface area contributed by atoms with Crippen molar-refractivity contribution in [2.45, 2.75) is 38.8 Å². The molecule has 6 nitrogen and oxygen atoms in total. The number of nitro groups is 1. The van der Waals surface area contributed by atoms with Gasteiger partial charge in [0.1, 0.15) is 12.3 Å². The molecule has 186 valence electrons. The van der Waals surface area contributed by atoms with Crippen LogP contribution in [-0.4, -0.2) is 12.0 Å². The van der Waals surface area contributed by atoms with E-state index >= 15 is 0 Å².